The maximum atomic E-state index is 11.4. The molecular formula is C9H13N3O3. The third-order valence-corrected chi connectivity index (χ3v) is 2.17. The lowest BCUT2D eigenvalue weighted by atomic mass is 10.3. The molecule has 1 aromatic heterocycles. The molecule has 1 saturated heterocycles. The summed E-state index contributed by atoms with van der Waals surface area (Å²) in [6.45, 7) is 2.80. The van der Waals surface area contributed by atoms with Crippen molar-refractivity contribution in [3.05, 3.63) is 18.0 Å². The van der Waals surface area contributed by atoms with Gasteiger partial charge < -0.3 is 19.9 Å². The van der Waals surface area contributed by atoms with Crippen LogP contribution in [0.4, 0.5) is 0 Å². The van der Waals surface area contributed by atoms with Gasteiger partial charge in [0.05, 0.1) is 12.7 Å². The first-order valence-corrected chi connectivity index (χ1v) is 4.87. The normalized spacial score (nSPS) is 21.2. The summed E-state index contributed by atoms with van der Waals surface area (Å²) in [7, 11) is 0. The molecule has 82 valence electrons. The van der Waals surface area contributed by atoms with Gasteiger partial charge in [0.15, 0.2) is 5.69 Å². The van der Waals surface area contributed by atoms with Crippen LogP contribution in [0, 0.1) is 0 Å². The molecule has 6 nitrogen and oxygen atoms in total. The fourth-order valence-corrected chi connectivity index (χ4v) is 1.38. The number of hydrogen-bond donors (Lipinski definition) is 2. The van der Waals surface area contributed by atoms with E-state index in [1.165, 1.54) is 12.3 Å². The molecular weight excluding hydrogens is 198 g/mol. The molecule has 0 aliphatic carbocycles. The summed E-state index contributed by atoms with van der Waals surface area (Å²) < 4.78 is 10.00. The standard InChI is InChI=1S/C9H13N3O3/c13-9(8-1-3-15-12-8)11-6-7-5-10-2-4-14-7/h1,3,7,10H,2,4-6H2,(H,11,13). The summed E-state index contributed by atoms with van der Waals surface area (Å²) in [6, 6.07) is 1.52. The second kappa shape index (κ2) is 4.90. The van der Waals surface area contributed by atoms with Crippen molar-refractivity contribution in [2.75, 3.05) is 26.2 Å². The average molecular weight is 211 g/mol. The van der Waals surface area contributed by atoms with Gasteiger partial charge in [-0.05, 0) is 0 Å². The van der Waals surface area contributed by atoms with E-state index < -0.39 is 0 Å². The highest BCUT2D eigenvalue weighted by atomic mass is 16.5. The molecule has 2 rings (SSSR count). The predicted molar refractivity (Wildman–Crippen MR) is 51.4 cm³/mol. The lowest BCUT2D eigenvalue weighted by molar-refractivity contribution is 0.0286. The monoisotopic (exact) mass is 211 g/mol. The predicted octanol–water partition coefficient (Wildman–Crippen LogP) is -0.607. The van der Waals surface area contributed by atoms with Gasteiger partial charge in [-0.3, -0.25) is 4.79 Å². The van der Waals surface area contributed by atoms with Gasteiger partial charge in [-0.2, -0.15) is 0 Å². The van der Waals surface area contributed by atoms with E-state index in [9.17, 15) is 4.79 Å². The molecule has 1 aromatic rings. The maximum absolute atomic E-state index is 11.4. The van der Waals surface area contributed by atoms with Gasteiger partial charge in [-0.25, -0.2) is 0 Å². The van der Waals surface area contributed by atoms with Crippen molar-refractivity contribution in [3.8, 4) is 0 Å². The summed E-state index contributed by atoms with van der Waals surface area (Å²) in [4.78, 5) is 11.4. The Morgan fingerprint density at radius 2 is 2.67 bits per heavy atom. The fourth-order valence-electron chi connectivity index (χ4n) is 1.38. The highest BCUT2D eigenvalue weighted by Gasteiger charge is 2.15. The molecule has 2 heterocycles. The zero-order valence-corrected chi connectivity index (χ0v) is 8.23. The van der Waals surface area contributed by atoms with Gasteiger partial charge in [0.2, 0.25) is 0 Å². The molecule has 1 aliphatic rings. The van der Waals surface area contributed by atoms with Crippen LogP contribution < -0.4 is 10.6 Å². The van der Waals surface area contributed by atoms with Gasteiger partial charge in [-0.1, -0.05) is 5.16 Å². The Morgan fingerprint density at radius 3 is 3.33 bits per heavy atom. The van der Waals surface area contributed by atoms with Crippen molar-refractivity contribution >= 4 is 5.91 Å². The topological polar surface area (TPSA) is 76.4 Å². The number of hydrogen-bond acceptors (Lipinski definition) is 5. The second-order valence-electron chi connectivity index (χ2n) is 3.29. The first kappa shape index (κ1) is 10.1. The first-order valence-electron chi connectivity index (χ1n) is 4.87. The van der Waals surface area contributed by atoms with Crippen LogP contribution in [0.5, 0.6) is 0 Å². The lowest BCUT2D eigenvalue weighted by Crippen LogP contribution is -2.45. The van der Waals surface area contributed by atoms with Crippen LogP contribution >= 0.6 is 0 Å². The molecule has 0 spiro atoms. The highest BCUT2D eigenvalue weighted by Crippen LogP contribution is 1.96. The highest BCUT2D eigenvalue weighted by molar-refractivity contribution is 5.91. The maximum Gasteiger partial charge on any atom is 0.273 e. The molecule has 1 aliphatic heterocycles. The minimum atomic E-state index is -0.238. The summed E-state index contributed by atoms with van der Waals surface area (Å²) in [6.07, 6.45) is 1.41. The van der Waals surface area contributed by atoms with Gasteiger partial charge >= 0.3 is 0 Å². The van der Waals surface area contributed by atoms with Crippen LogP contribution in [0.1, 0.15) is 10.5 Å². The third-order valence-electron chi connectivity index (χ3n) is 2.17. The number of carbonyl (C=O) groups excluding carboxylic acids is 1. The molecule has 6 heteroatoms. The number of ether oxygens (including phenoxy) is 1. The molecule has 15 heavy (non-hydrogen) atoms. The van der Waals surface area contributed by atoms with Crippen molar-refractivity contribution in [2.45, 2.75) is 6.10 Å². The van der Waals surface area contributed by atoms with E-state index in [1.807, 2.05) is 0 Å². The molecule has 0 radical (unpaired) electrons. The molecule has 0 saturated carbocycles. The number of amides is 1. The van der Waals surface area contributed by atoms with E-state index in [0.29, 0.717) is 18.8 Å². The summed E-state index contributed by atoms with van der Waals surface area (Å²) in [5.41, 5.74) is 0.291. The summed E-state index contributed by atoms with van der Waals surface area (Å²) in [5, 5.41) is 9.45. The minimum Gasteiger partial charge on any atom is -0.374 e. The number of carbonyl (C=O) groups is 1. The Hall–Kier alpha value is -1.40. The van der Waals surface area contributed by atoms with Crippen LogP contribution in [-0.4, -0.2) is 43.4 Å². The van der Waals surface area contributed by atoms with Crippen molar-refractivity contribution in [1.29, 1.82) is 0 Å². The van der Waals surface area contributed by atoms with Crippen molar-refractivity contribution in [1.82, 2.24) is 15.8 Å². The van der Waals surface area contributed by atoms with Gasteiger partial charge in [0.25, 0.3) is 5.91 Å². The number of nitrogens with one attached hydrogen (secondary N) is 2. The molecule has 1 fully saturated rings. The first-order chi connectivity index (χ1) is 7.36. The van der Waals surface area contributed by atoms with E-state index in [1.54, 1.807) is 0 Å². The Bertz CT molecular complexity index is 306. The summed E-state index contributed by atoms with van der Waals surface area (Å²) >= 11 is 0. The van der Waals surface area contributed by atoms with Gasteiger partial charge in [0, 0.05) is 25.7 Å². The molecule has 1 amide bonds. The smallest absolute Gasteiger partial charge is 0.273 e. The molecule has 0 bridgehead atoms. The van der Waals surface area contributed by atoms with Crippen LogP contribution in [-0.2, 0) is 4.74 Å². The summed E-state index contributed by atoms with van der Waals surface area (Å²) in [5.74, 6) is -0.238. The number of nitrogens with zero attached hydrogens (tertiary/aromatic N) is 1. The lowest BCUT2D eigenvalue weighted by Gasteiger charge is -2.23. The molecule has 1 unspecified atom stereocenters. The fraction of sp³-hybridized carbons (Fsp3) is 0.556. The third kappa shape index (κ3) is 2.77. The largest absolute Gasteiger partial charge is 0.374 e. The van der Waals surface area contributed by atoms with Crippen LogP contribution in [0.15, 0.2) is 16.9 Å². The quantitative estimate of drug-likeness (QED) is 0.697. The van der Waals surface area contributed by atoms with Gasteiger partial charge in [-0.15, -0.1) is 0 Å². The molecule has 2 N–H and O–H groups in total. The number of rotatable bonds is 3. The SMILES string of the molecule is O=C(NCC1CNCCO1)c1ccon1. The van der Waals surface area contributed by atoms with E-state index in [2.05, 4.69) is 20.3 Å². The number of aromatic nitrogens is 1. The Balaban J connectivity index is 1.75. The second-order valence-corrected chi connectivity index (χ2v) is 3.29. The average Bonchev–Trinajstić information content (AvgIpc) is 2.81. The van der Waals surface area contributed by atoms with Crippen LogP contribution in [0.2, 0.25) is 0 Å². The van der Waals surface area contributed by atoms with E-state index in [-0.39, 0.29) is 12.0 Å². The zero-order chi connectivity index (χ0) is 10.5. The molecule has 0 aromatic carbocycles. The van der Waals surface area contributed by atoms with Crippen molar-refractivity contribution < 1.29 is 14.1 Å². The number of morpholine rings is 1. The van der Waals surface area contributed by atoms with Crippen LogP contribution in [0.25, 0.3) is 0 Å². The Kier molecular flexibility index (Phi) is 3.31. The van der Waals surface area contributed by atoms with E-state index in [4.69, 9.17) is 4.74 Å². The molecule has 1 atom stereocenters. The van der Waals surface area contributed by atoms with Gasteiger partial charge in [0.1, 0.15) is 6.26 Å². The van der Waals surface area contributed by atoms with E-state index in [0.717, 1.165) is 13.1 Å². The van der Waals surface area contributed by atoms with E-state index >= 15 is 0 Å². The minimum absolute atomic E-state index is 0.0367. The Labute approximate surface area is 87.0 Å². The van der Waals surface area contributed by atoms with Crippen molar-refractivity contribution in [3.63, 3.8) is 0 Å². The van der Waals surface area contributed by atoms with Crippen LogP contribution in [0.3, 0.4) is 0 Å². The Morgan fingerprint density at radius 1 is 1.73 bits per heavy atom. The zero-order valence-electron chi connectivity index (χ0n) is 8.23. The van der Waals surface area contributed by atoms with Crippen molar-refractivity contribution in [2.24, 2.45) is 0 Å².